The minimum absolute atomic E-state index is 0.0491. The van der Waals surface area contributed by atoms with Crippen molar-refractivity contribution < 1.29 is 13.6 Å². The Kier molecular flexibility index (Phi) is 4.28. The number of benzene rings is 1. The highest BCUT2D eigenvalue weighted by Crippen LogP contribution is 2.25. The van der Waals surface area contributed by atoms with Crippen molar-refractivity contribution in [2.24, 2.45) is 0 Å². The number of rotatable bonds is 3. The molecule has 0 atom stereocenters. The molecule has 1 saturated heterocycles. The molecule has 1 aliphatic heterocycles. The van der Waals surface area contributed by atoms with E-state index in [0.717, 1.165) is 0 Å². The normalized spacial score (nSPS) is 15.5. The lowest BCUT2D eigenvalue weighted by Gasteiger charge is -2.32. The molecule has 0 saturated carbocycles. The third-order valence-electron chi connectivity index (χ3n) is 4.85. The minimum Gasteiger partial charge on any atom is -0.406 e. The van der Waals surface area contributed by atoms with Crippen molar-refractivity contribution in [3.05, 3.63) is 64.5 Å². The van der Waals surface area contributed by atoms with E-state index in [-0.39, 0.29) is 24.2 Å². The summed E-state index contributed by atoms with van der Waals surface area (Å²) >= 11 is 0. The Balaban J connectivity index is 1.45. The van der Waals surface area contributed by atoms with E-state index < -0.39 is 5.76 Å². The third-order valence-corrected chi connectivity index (χ3v) is 4.85. The van der Waals surface area contributed by atoms with Gasteiger partial charge in [-0.25, -0.2) is 14.2 Å². The number of carbonyl (C=O) groups excluding carboxylic acids is 1. The number of fused-ring (bicyclic) bond motifs is 1. The molecule has 0 radical (unpaired) electrons. The monoisotopic (exact) mass is 355 g/mol. The second-order valence-electron chi connectivity index (χ2n) is 6.44. The van der Waals surface area contributed by atoms with Crippen LogP contribution in [-0.4, -0.2) is 33.4 Å². The molecule has 0 spiro atoms. The maximum Gasteiger partial charge on any atom is 0.421 e. The van der Waals surface area contributed by atoms with Gasteiger partial charge in [0.05, 0.1) is 6.42 Å². The lowest BCUT2D eigenvalue weighted by Crippen LogP contribution is -2.41. The van der Waals surface area contributed by atoms with Crippen molar-refractivity contribution in [2.75, 3.05) is 13.1 Å². The third kappa shape index (κ3) is 3.00. The van der Waals surface area contributed by atoms with Crippen molar-refractivity contribution in [1.29, 1.82) is 0 Å². The van der Waals surface area contributed by atoms with Crippen LogP contribution in [0.1, 0.15) is 24.4 Å². The molecule has 0 aliphatic carbocycles. The second kappa shape index (κ2) is 6.74. The molecule has 0 bridgehead atoms. The number of nitrogens with zero attached hydrogens (tertiary/aromatic N) is 3. The van der Waals surface area contributed by atoms with Crippen LogP contribution in [0.4, 0.5) is 4.39 Å². The van der Waals surface area contributed by atoms with Gasteiger partial charge in [-0.2, -0.15) is 0 Å². The van der Waals surface area contributed by atoms with Crippen molar-refractivity contribution in [3.63, 3.8) is 0 Å². The van der Waals surface area contributed by atoms with Gasteiger partial charge in [0.15, 0.2) is 11.2 Å². The number of aromatic nitrogens is 2. The Morgan fingerprint density at radius 3 is 2.73 bits per heavy atom. The van der Waals surface area contributed by atoms with E-state index >= 15 is 0 Å². The molecule has 6 nitrogen and oxygen atoms in total. The predicted molar refractivity (Wildman–Crippen MR) is 93.2 cm³/mol. The van der Waals surface area contributed by atoms with E-state index in [1.807, 2.05) is 0 Å². The highest BCUT2D eigenvalue weighted by molar-refractivity contribution is 5.79. The van der Waals surface area contributed by atoms with E-state index in [1.54, 1.807) is 46.0 Å². The first-order valence-electron chi connectivity index (χ1n) is 8.61. The lowest BCUT2D eigenvalue weighted by molar-refractivity contribution is -0.131. The van der Waals surface area contributed by atoms with Gasteiger partial charge < -0.3 is 9.32 Å². The highest BCUT2D eigenvalue weighted by atomic mass is 19.1. The van der Waals surface area contributed by atoms with E-state index in [4.69, 9.17) is 4.42 Å². The van der Waals surface area contributed by atoms with Gasteiger partial charge in [-0.15, -0.1) is 0 Å². The van der Waals surface area contributed by atoms with Crippen molar-refractivity contribution in [2.45, 2.75) is 25.3 Å². The summed E-state index contributed by atoms with van der Waals surface area (Å²) in [6.45, 7) is 1.04. The first kappa shape index (κ1) is 16.5. The van der Waals surface area contributed by atoms with Gasteiger partial charge in [0.2, 0.25) is 5.91 Å². The summed E-state index contributed by atoms with van der Waals surface area (Å²) in [7, 11) is 0. The summed E-state index contributed by atoms with van der Waals surface area (Å²) < 4.78 is 20.6. The minimum atomic E-state index is -0.421. The number of pyridine rings is 1. The molecule has 1 aromatic carbocycles. The highest BCUT2D eigenvalue weighted by Gasteiger charge is 2.27. The van der Waals surface area contributed by atoms with Gasteiger partial charge in [-0.05, 0) is 36.6 Å². The molecular weight excluding hydrogens is 337 g/mol. The van der Waals surface area contributed by atoms with Gasteiger partial charge in [0.1, 0.15) is 5.82 Å². The Hall–Kier alpha value is -2.96. The zero-order valence-corrected chi connectivity index (χ0v) is 14.1. The van der Waals surface area contributed by atoms with Gasteiger partial charge in [0.25, 0.3) is 0 Å². The summed E-state index contributed by atoms with van der Waals surface area (Å²) in [6, 6.07) is 9.70. The van der Waals surface area contributed by atoms with Crippen LogP contribution >= 0.6 is 0 Å². The van der Waals surface area contributed by atoms with Crippen LogP contribution in [0.3, 0.4) is 0 Å². The van der Waals surface area contributed by atoms with Gasteiger partial charge in [-0.1, -0.05) is 18.2 Å². The fraction of sp³-hybridized carbons (Fsp3) is 0.316. The number of likely N-dealkylation sites (tertiary alicyclic amines) is 1. The van der Waals surface area contributed by atoms with E-state index in [1.165, 1.54) is 6.07 Å². The molecule has 1 aliphatic rings. The largest absolute Gasteiger partial charge is 0.421 e. The molecule has 0 unspecified atom stereocenters. The van der Waals surface area contributed by atoms with Crippen LogP contribution in [0.25, 0.3) is 11.2 Å². The van der Waals surface area contributed by atoms with Crippen molar-refractivity contribution in [1.82, 2.24) is 14.5 Å². The Morgan fingerprint density at radius 2 is 1.96 bits per heavy atom. The Bertz CT molecular complexity index is 1000. The lowest BCUT2D eigenvalue weighted by atomic mass is 10.0. The number of carbonyl (C=O) groups is 1. The number of hydrogen-bond acceptors (Lipinski definition) is 4. The molecule has 4 rings (SSSR count). The van der Waals surface area contributed by atoms with Gasteiger partial charge in [-0.3, -0.25) is 9.36 Å². The number of halogens is 1. The Morgan fingerprint density at radius 1 is 1.19 bits per heavy atom. The number of amides is 1. The zero-order chi connectivity index (χ0) is 18.1. The van der Waals surface area contributed by atoms with Crippen LogP contribution in [0.5, 0.6) is 0 Å². The molecular formula is C19H18FN3O3. The summed E-state index contributed by atoms with van der Waals surface area (Å²) in [6.07, 6.45) is 2.94. The average molecular weight is 355 g/mol. The second-order valence-corrected chi connectivity index (χ2v) is 6.44. The number of hydrogen-bond donors (Lipinski definition) is 0. The Labute approximate surface area is 148 Å². The molecule has 3 aromatic rings. The summed E-state index contributed by atoms with van der Waals surface area (Å²) in [5.41, 5.74) is 1.41. The topological polar surface area (TPSA) is 68.3 Å². The van der Waals surface area contributed by atoms with Crippen molar-refractivity contribution >= 4 is 17.1 Å². The van der Waals surface area contributed by atoms with Crippen LogP contribution in [0.2, 0.25) is 0 Å². The molecule has 1 fully saturated rings. The summed E-state index contributed by atoms with van der Waals surface area (Å²) in [4.78, 5) is 30.6. The van der Waals surface area contributed by atoms with Crippen LogP contribution < -0.4 is 5.76 Å². The quantitative estimate of drug-likeness (QED) is 0.724. The summed E-state index contributed by atoms with van der Waals surface area (Å²) in [5.74, 6) is -0.885. The maximum atomic E-state index is 13.7. The SMILES string of the molecule is O=C(Cc1ccccc1F)N1CCC(n2c(=O)oc3cccnc32)CC1. The molecule has 3 heterocycles. The van der Waals surface area contributed by atoms with Gasteiger partial charge >= 0.3 is 5.76 Å². The molecule has 0 N–H and O–H groups in total. The fourth-order valence-electron chi connectivity index (χ4n) is 3.48. The molecule has 2 aromatic heterocycles. The average Bonchev–Trinajstić information content (AvgIpc) is 2.99. The van der Waals surface area contributed by atoms with Crippen LogP contribution in [0.15, 0.2) is 51.8 Å². The van der Waals surface area contributed by atoms with E-state index in [2.05, 4.69) is 4.98 Å². The first-order valence-corrected chi connectivity index (χ1v) is 8.61. The molecule has 7 heteroatoms. The summed E-state index contributed by atoms with van der Waals surface area (Å²) in [5, 5.41) is 0. The first-order chi connectivity index (χ1) is 12.6. The molecule has 26 heavy (non-hydrogen) atoms. The standard InChI is InChI=1S/C19H18FN3O3/c20-15-5-2-1-4-13(15)12-17(24)22-10-7-14(8-11-22)23-18-16(26-19(23)25)6-3-9-21-18/h1-6,9,14H,7-8,10-12H2. The van der Waals surface area contributed by atoms with Crippen LogP contribution in [-0.2, 0) is 11.2 Å². The molecule has 1 amide bonds. The maximum absolute atomic E-state index is 13.7. The number of piperidine rings is 1. The van der Waals surface area contributed by atoms with E-state index in [0.29, 0.717) is 42.7 Å². The van der Waals surface area contributed by atoms with Crippen molar-refractivity contribution in [3.8, 4) is 0 Å². The fourth-order valence-corrected chi connectivity index (χ4v) is 3.48. The molecule has 134 valence electrons. The smallest absolute Gasteiger partial charge is 0.406 e. The zero-order valence-electron chi connectivity index (χ0n) is 14.1. The van der Waals surface area contributed by atoms with Gasteiger partial charge in [0, 0.05) is 25.3 Å². The van der Waals surface area contributed by atoms with Crippen LogP contribution in [0, 0.1) is 5.82 Å². The predicted octanol–water partition coefficient (Wildman–Crippen LogP) is 2.53. The number of oxazole rings is 1. The van der Waals surface area contributed by atoms with E-state index in [9.17, 15) is 14.0 Å².